The molecule has 1 heterocycles. The summed E-state index contributed by atoms with van der Waals surface area (Å²) in [6.45, 7) is 2.43. The van der Waals surface area contributed by atoms with E-state index in [9.17, 15) is 9.18 Å². The van der Waals surface area contributed by atoms with Gasteiger partial charge >= 0.3 is 0 Å². The summed E-state index contributed by atoms with van der Waals surface area (Å²) in [4.78, 5) is 13.0. The Balaban J connectivity index is 0.00000240. The van der Waals surface area contributed by atoms with Crippen molar-refractivity contribution in [3.8, 4) is 16.9 Å². The highest BCUT2D eigenvalue weighted by molar-refractivity contribution is 6.00. The van der Waals surface area contributed by atoms with E-state index < -0.39 is 0 Å². The van der Waals surface area contributed by atoms with E-state index in [0.717, 1.165) is 24.0 Å². The minimum Gasteiger partial charge on any atom is -0.348 e. The topological polar surface area (TPSA) is 72.9 Å². The summed E-state index contributed by atoms with van der Waals surface area (Å²) in [5.41, 5.74) is 9.59. The van der Waals surface area contributed by atoms with Gasteiger partial charge < -0.3 is 11.1 Å². The molecule has 0 bridgehead atoms. The minimum absolute atomic E-state index is 0. The maximum Gasteiger partial charge on any atom is 0.255 e. The molecular formula is C22H24ClFN4O. The monoisotopic (exact) mass is 414 g/mol. The lowest BCUT2D eigenvalue weighted by Crippen LogP contribution is -2.41. The number of halogens is 2. The van der Waals surface area contributed by atoms with Crippen molar-refractivity contribution < 1.29 is 9.18 Å². The van der Waals surface area contributed by atoms with E-state index in [-0.39, 0.29) is 30.2 Å². The van der Waals surface area contributed by atoms with E-state index in [0.29, 0.717) is 29.4 Å². The Kier molecular flexibility index (Phi) is 6.35. The predicted octanol–water partition coefficient (Wildman–Crippen LogP) is 3.88. The summed E-state index contributed by atoms with van der Waals surface area (Å²) in [6.07, 6.45) is 3.89. The number of carbonyl (C=O) groups excluding carboxylic acids is 1. The Labute approximate surface area is 175 Å². The number of benzene rings is 2. The molecule has 1 aromatic heterocycles. The Hall–Kier alpha value is -2.70. The van der Waals surface area contributed by atoms with Gasteiger partial charge in [0.2, 0.25) is 0 Å². The fourth-order valence-electron chi connectivity index (χ4n) is 3.30. The second-order valence-electron chi connectivity index (χ2n) is 7.33. The third kappa shape index (κ3) is 4.66. The lowest BCUT2D eigenvalue weighted by molar-refractivity contribution is 0.0934. The minimum atomic E-state index is -0.317. The van der Waals surface area contributed by atoms with Gasteiger partial charge in [0.15, 0.2) is 0 Å². The first-order chi connectivity index (χ1) is 13.5. The number of aromatic nitrogens is 2. The standard InChI is InChI=1S/C22H23FN4O.ClH/c1-14-2-4-16(5-3-14)21-19(22(28)25-20(12-24)15-6-7-15)13-27(26-21)18-10-8-17(23)9-11-18;/h2-5,8-11,13,15,20H,6-7,12,24H2,1H3,(H,25,28);1H. The highest BCUT2D eigenvalue weighted by Gasteiger charge is 2.32. The summed E-state index contributed by atoms with van der Waals surface area (Å²) >= 11 is 0. The third-order valence-electron chi connectivity index (χ3n) is 5.14. The van der Waals surface area contributed by atoms with E-state index in [2.05, 4.69) is 10.4 Å². The van der Waals surface area contributed by atoms with Gasteiger partial charge in [-0.15, -0.1) is 12.4 Å². The molecule has 0 radical (unpaired) electrons. The zero-order chi connectivity index (χ0) is 19.7. The molecule has 1 aliphatic carbocycles. The summed E-state index contributed by atoms with van der Waals surface area (Å²) in [5.74, 6) is -0.0435. The van der Waals surface area contributed by atoms with Crippen molar-refractivity contribution >= 4 is 18.3 Å². The number of aryl methyl sites for hydroxylation is 1. The van der Waals surface area contributed by atoms with Crippen LogP contribution < -0.4 is 11.1 Å². The van der Waals surface area contributed by atoms with Gasteiger partial charge in [-0.2, -0.15) is 5.10 Å². The molecule has 152 valence electrons. The number of nitrogens with one attached hydrogen (secondary N) is 1. The maximum atomic E-state index is 13.3. The van der Waals surface area contributed by atoms with Crippen molar-refractivity contribution in [3.63, 3.8) is 0 Å². The van der Waals surface area contributed by atoms with Crippen molar-refractivity contribution in [1.82, 2.24) is 15.1 Å². The van der Waals surface area contributed by atoms with Crippen molar-refractivity contribution in [3.05, 3.63) is 71.7 Å². The van der Waals surface area contributed by atoms with Crippen molar-refractivity contribution in [1.29, 1.82) is 0 Å². The van der Waals surface area contributed by atoms with E-state index in [1.165, 1.54) is 12.1 Å². The first kappa shape index (κ1) is 21.0. The second-order valence-corrected chi connectivity index (χ2v) is 7.33. The molecule has 4 rings (SSSR count). The van der Waals surface area contributed by atoms with Crippen LogP contribution in [0.3, 0.4) is 0 Å². The van der Waals surface area contributed by atoms with Crippen LogP contribution in [0.4, 0.5) is 4.39 Å². The van der Waals surface area contributed by atoms with Gasteiger partial charge in [0, 0.05) is 24.3 Å². The number of nitrogens with zero attached hydrogens (tertiary/aromatic N) is 2. The molecule has 7 heteroatoms. The molecule has 3 N–H and O–H groups in total. The van der Waals surface area contributed by atoms with Crippen LogP contribution in [0.2, 0.25) is 0 Å². The highest BCUT2D eigenvalue weighted by Crippen LogP contribution is 2.32. The van der Waals surface area contributed by atoms with Gasteiger partial charge in [-0.05, 0) is 49.9 Å². The van der Waals surface area contributed by atoms with Gasteiger partial charge in [-0.25, -0.2) is 9.07 Å². The van der Waals surface area contributed by atoms with Crippen LogP contribution in [0, 0.1) is 18.7 Å². The fraction of sp³-hybridized carbons (Fsp3) is 0.273. The third-order valence-corrected chi connectivity index (χ3v) is 5.14. The van der Waals surface area contributed by atoms with Gasteiger partial charge in [0.1, 0.15) is 11.5 Å². The average Bonchev–Trinajstić information content (AvgIpc) is 3.45. The molecule has 2 aromatic carbocycles. The number of hydrogen-bond acceptors (Lipinski definition) is 3. The predicted molar refractivity (Wildman–Crippen MR) is 114 cm³/mol. The molecule has 1 saturated carbocycles. The lowest BCUT2D eigenvalue weighted by Gasteiger charge is -2.15. The van der Waals surface area contributed by atoms with Crippen LogP contribution in [-0.2, 0) is 0 Å². The summed E-state index contributed by atoms with van der Waals surface area (Å²) in [5, 5.41) is 7.69. The van der Waals surface area contributed by atoms with Gasteiger partial charge in [0.25, 0.3) is 5.91 Å². The van der Waals surface area contributed by atoms with E-state index >= 15 is 0 Å². The SMILES string of the molecule is Cc1ccc(-c2nn(-c3ccc(F)cc3)cc2C(=O)NC(CN)C2CC2)cc1.Cl. The summed E-state index contributed by atoms with van der Waals surface area (Å²) < 4.78 is 14.9. The molecule has 1 aliphatic rings. The van der Waals surface area contributed by atoms with Crippen LogP contribution >= 0.6 is 12.4 Å². The molecule has 0 aliphatic heterocycles. The van der Waals surface area contributed by atoms with Crippen LogP contribution in [-0.4, -0.2) is 28.3 Å². The van der Waals surface area contributed by atoms with Crippen LogP contribution in [0.1, 0.15) is 28.8 Å². The Morgan fingerprint density at radius 3 is 2.45 bits per heavy atom. The summed E-state index contributed by atoms with van der Waals surface area (Å²) in [6, 6.07) is 13.9. The molecule has 1 atom stereocenters. The molecule has 0 saturated heterocycles. The van der Waals surface area contributed by atoms with Crippen LogP contribution in [0.25, 0.3) is 16.9 Å². The fourth-order valence-corrected chi connectivity index (χ4v) is 3.30. The lowest BCUT2D eigenvalue weighted by atomic mass is 10.1. The van der Waals surface area contributed by atoms with Crippen LogP contribution in [0.15, 0.2) is 54.7 Å². The molecule has 1 amide bonds. The summed E-state index contributed by atoms with van der Waals surface area (Å²) in [7, 11) is 0. The van der Waals surface area contributed by atoms with Crippen molar-refractivity contribution in [2.45, 2.75) is 25.8 Å². The molecule has 0 spiro atoms. The van der Waals surface area contributed by atoms with Gasteiger partial charge in [0.05, 0.1) is 11.3 Å². The average molecular weight is 415 g/mol. The van der Waals surface area contributed by atoms with Crippen molar-refractivity contribution in [2.24, 2.45) is 11.7 Å². The maximum absolute atomic E-state index is 13.3. The zero-order valence-corrected chi connectivity index (χ0v) is 17.0. The normalized spacial score (nSPS) is 14.2. The highest BCUT2D eigenvalue weighted by atomic mass is 35.5. The Morgan fingerprint density at radius 1 is 1.21 bits per heavy atom. The van der Waals surface area contributed by atoms with Gasteiger partial charge in [-0.1, -0.05) is 29.8 Å². The first-order valence-corrected chi connectivity index (χ1v) is 9.48. The van der Waals surface area contributed by atoms with E-state index in [4.69, 9.17) is 5.73 Å². The molecule has 1 unspecified atom stereocenters. The number of amides is 1. The Bertz CT molecular complexity index is 981. The smallest absolute Gasteiger partial charge is 0.255 e. The van der Waals surface area contributed by atoms with E-state index in [1.54, 1.807) is 23.0 Å². The molecular weight excluding hydrogens is 391 g/mol. The number of hydrogen-bond donors (Lipinski definition) is 2. The van der Waals surface area contributed by atoms with Gasteiger partial charge in [-0.3, -0.25) is 4.79 Å². The second kappa shape index (κ2) is 8.76. The number of rotatable bonds is 6. The van der Waals surface area contributed by atoms with E-state index in [1.807, 2.05) is 31.2 Å². The molecule has 1 fully saturated rings. The van der Waals surface area contributed by atoms with Crippen molar-refractivity contribution in [2.75, 3.05) is 6.54 Å². The Morgan fingerprint density at radius 2 is 1.86 bits per heavy atom. The molecule has 5 nitrogen and oxygen atoms in total. The number of carbonyl (C=O) groups is 1. The molecule has 3 aromatic rings. The largest absolute Gasteiger partial charge is 0.348 e. The zero-order valence-electron chi connectivity index (χ0n) is 16.1. The first-order valence-electron chi connectivity index (χ1n) is 9.48. The number of nitrogens with two attached hydrogens (primary N) is 1. The van der Waals surface area contributed by atoms with Crippen LogP contribution in [0.5, 0.6) is 0 Å². The quantitative estimate of drug-likeness (QED) is 0.643. The molecule has 29 heavy (non-hydrogen) atoms.